The Balaban J connectivity index is 1.58. The van der Waals surface area contributed by atoms with Gasteiger partial charge in [0.1, 0.15) is 0 Å². The fourth-order valence-corrected chi connectivity index (χ4v) is 12.6. The molecular formula is C47H91N. The predicted octanol–water partition coefficient (Wildman–Crippen LogP) is 14.5. The first kappa shape index (κ1) is 42.4. The summed E-state index contributed by atoms with van der Waals surface area (Å²) in [6, 6.07) is 0.412. The van der Waals surface area contributed by atoms with E-state index in [2.05, 4.69) is 83.1 Å². The SMILES string of the molecule is CCC(CCC(C)CC1CC(N)C(C(C)CC)C(CC(C)C2CCC(CC)C2CC2CCC(C)C2)C1)CCC(CC)C(C)C(C)C(C)C. The second-order valence-electron chi connectivity index (χ2n) is 19.9. The average Bonchev–Trinajstić information content (AvgIpc) is 3.66. The van der Waals surface area contributed by atoms with Gasteiger partial charge < -0.3 is 5.73 Å². The molecule has 0 aromatic rings. The molecule has 0 spiro atoms. The number of rotatable bonds is 21. The normalized spacial score (nSPS) is 35.8. The molecule has 16 atom stereocenters. The quantitative estimate of drug-likeness (QED) is 0.129. The molecule has 48 heavy (non-hydrogen) atoms. The van der Waals surface area contributed by atoms with Gasteiger partial charge in [-0.05, 0) is 152 Å². The molecule has 0 saturated heterocycles. The Labute approximate surface area is 304 Å². The van der Waals surface area contributed by atoms with Crippen molar-refractivity contribution in [2.24, 2.45) is 100 Å². The lowest BCUT2D eigenvalue weighted by molar-refractivity contribution is 0.0616. The minimum absolute atomic E-state index is 0.412. The maximum Gasteiger partial charge on any atom is 0.00749 e. The van der Waals surface area contributed by atoms with Gasteiger partial charge in [-0.1, -0.05) is 141 Å². The molecule has 0 bridgehead atoms. The minimum Gasteiger partial charge on any atom is -0.327 e. The third-order valence-corrected chi connectivity index (χ3v) is 16.4. The van der Waals surface area contributed by atoms with E-state index >= 15 is 0 Å². The predicted molar refractivity (Wildman–Crippen MR) is 215 cm³/mol. The van der Waals surface area contributed by atoms with E-state index in [0.717, 1.165) is 94.7 Å². The van der Waals surface area contributed by atoms with Crippen molar-refractivity contribution in [2.45, 2.75) is 205 Å². The molecule has 16 unspecified atom stereocenters. The van der Waals surface area contributed by atoms with Crippen molar-refractivity contribution in [1.82, 2.24) is 0 Å². The molecule has 0 amide bonds. The number of hydrogen-bond donors (Lipinski definition) is 1. The van der Waals surface area contributed by atoms with Crippen molar-refractivity contribution in [2.75, 3.05) is 0 Å². The van der Waals surface area contributed by atoms with Gasteiger partial charge in [0, 0.05) is 6.04 Å². The molecule has 3 aliphatic rings. The van der Waals surface area contributed by atoms with Crippen LogP contribution in [0.25, 0.3) is 0 Å². The highest BCUT2D eigenvalue weighted by atomic mass is 14.7. The molecule has 0 aromatic carbocycles. The molecule has 0 radical (unpaired) electrons. The van der Waals surface area contributed by atoms with Crippen LogP contribution in [-0.2, 0) is 0 Å². The smallest absolute Gasteiger partial charge is 0.00749 e. The molecule has 0 aliphatic heterocycles. The zero-order valence-electron chi connectivity index (χ0n) is 35.1. The van der Waals surface area contributed by atoms with Crippen LogP contribution in [-0.4, -0.2) is 6.04 Å². The Morgan fingerprint density at radius 3 is 1.92 bits per heavy atom. The molecule has 2 N–H and O–H groups in total. The Bertz CT molecular complexity index is 848. The zero-order valence-corrected chi connectivity index (χ0v) is 35.1. The zero-order chi connectivity index (χ0) is 35.5. The van der Waals surface area contributed by atoms with Crippen molar-refractivity contribution < 1.29 is 0 Å². The van der Waals surface area contributed by atoms with E-state index in [1.54, 1.807) is 6.42 Å². The van der Waals surface area contributed by atoms with Gasteiger partial charge in [0.05, 0.1) is 0 Å². The molecule has 1 heteroatoms. The minimum atomic E-state index is 0.412. The van der Waals surface area contributed by atoms with Crippen LogP contribution < -0.4 is 5.73 Å². The maximum absolute atomic E-state index is 7.22. The molecule has 3 aliphatic carbocycles. The summed E-state index contributed by atoms with van der Waals surface area (Å²) in [5.74, 6) is 14.1. The van der Waals surface area contributed by atoms with Gasteiger partial charge in [-0.15, -0.1) is 0 Å². The highest BCUT2D eigenvalue weighted by Gasteiger charge is 2.44. The summed E-state index contributed by atoms with van der Waals surface area (Å²) in [6.07, 6.45) is 25.9. The van der Waals surface area contributed by atoms with E-state index in [1.165, 1.54) is 109 Å². The monoisotopic (exact) mass is 670 g/mol. The van der Waals surface area contributed by atoms with Gasteiger partial charge in [-0.2, -0.15) is 0 Å². The summed E-state index contributed by atoms with van der Waals surface area (Å²) < 4.78 is 0. The van der Waals surface area contributed by atoms with Crippen LogP contribution in [0.15, 0.2) is 0 Å². The number of nitrogens with two attached hydrogens (primary N) is 1. The average molecular weight is 670 g/mol. The summed E-state index contributed by atoms with van der Waals surface area (Å²) in [6.45, 7) is 30.0. The molecule has 1 nitrogen and oxygen atoms in total. The molecule has 3 saturated carbocycles. The molecular weight excluding hydrogens is 579 g/mol. The summed E-state index contributed by atoms with van der Waals surface area (Å²) in [7, 11) is 0. The Morgan fingerprint density at radius 1 is 0.625 bits per heavy atom. The second-order valence-corrected chi connectivity index (χ2v) is 19.9. The van der Waals surface area contributed by atoms with Crippen LogP contribution in [0.3, 0.4) is 0 Å². The molecule has 0 aromatic heterocycles. The van der Waals surface area contributed by atoms with Crippen molar-refractivity contribution in [3.63, 3.8) is 0 Å². The van der Waals surface area contributed by atoms with Crippen LogP contribution in [0.2, 0.25) is 0 Å². The molecule has 0 heterocycles. The first-order chi connectivity index (χ1) is 22.8. The first-order valence-electron chi connectivity index (χ1n) is 22.6. The van der Waals surface area contributed by atoms with Gasteiger partial charge >= 0.3 is 0 Å². The fraction of sp³-hybridized carbons (Fsp3) is 1.00. The van der Waals surface area contributed by atoms with E-state index < -0.39 is 0 Å². The van der Waals surface area contributed by atoms with Crippen LogP contribution in [0.1, 0.15) is 199 Å². The van der Waals surface area contributed by atoms with Crippen molar-refractivity contribution in [1.29, 1.82) is 0 Å². The van der Waals surface area contributed by atoms with Crippen LogP contribution in [0.4, 0.5) is 0 Å². The van der Waals surface area contributed by atoms with Crippen LogP contribution in [0, 0.1) is 94.7 Å². The lowest BCUT2D eigenvalue weighted by atomic mass is 9.61. The number of hydrogen-bond acceptors (Lipinski definition) is 1. The maximum atomic E-state index is 7.22. The standard InChI is InChI=1S/C47H91N/c1-13-34(9)47-43(27-35(10)44-24-23-42(16-4)45(44)29-39-20-18-32(7)25-39)28-40(30-46(47)48)26-33(8)17-19-38(14-2)21-22-41(15-3)37(12)36(11)31(5)6/h31-47H,13-30,48H2,1-12H3. The highest BCUT2D eigenvalue weighted by Crippen LogP contribution is 2.52. The Hall–Kier alpha value is -0.0400. The third kappa shape index (κ3) is 12.0. The molecule has 3 rings (SSSR count). The first-order valence-corrected chi connectivity index (χ1v) is 22.6. The van der Waals surface area contributed by atoms with Crippen LogP contribution >= 0.6 is 0 Å². The van der Waals surface area contributed by atoms with E-state index in [4.69, 9.17) is 5.73 Å². The van der Waals surface area contributed by atoms with Crippen molar-refractivity contribution in [3.05, 3.63) is 0 Å². The van der Waals surface area contributed by atoms with Crippen molar-refractivity contribution >= 4 is 0 Å². The summed E-state index contributed by atoms with van der Waals surface area (Å²) in [5, 5.41) is 0. The molecule has 3 fully saturated rings. The second kappa shape index (κ2) is 20.9. The van der Waals surface area contributed by atoms with Gasteiger partial charge in [-0.3, -0.25) is 0 Å². The molecule has 284 valence electrons. The van der Waals surface area contributed by atoms with E-state index in [-0.39, 0.29) is 0 Å². The van der Waals surface area contributed by atoms with Gasteiger partial charge in [-0.25, -0.2) is 0 Å². The lowest BCUT2D eigenvalue weighted by Gasteiger charge is -2.46. The summed E-state index contributed by atoms with van der Waals surface area (Å²) in [4.78, 5) is 0. The van der Waals surface area contributed by atoms with Gasteiger partial charge in [0.25, 0.3) is 0 Å². The van der Waals surface area contributed by atoms with E-state index in [0.29, 0.717) is 6.04 Å². The van der Waals surface area contributed by atoms with E-state index in [1.807, 2.05) is 0 Å². The van der Waals surface area contributed by atoms with E-state index in [9.17, 15) is 0 Å². The third-order valence-electron chi connectivity index (χ3n) is 16.4. The van der Waals surface area contributed by atoms with Gasteiger partial charge in [0.15, 0.2) is 0 Å². The Morgan fingerprint density at radius 2 is 1.33 bits per heavy atom. The fourth-order valence-electron chi connectivity index (χ4n) is 12.6. The summed E-state index contributed by atoms with van der Waals surface area (Å²) in [5.41, 5.74) is 7.22. The lowest BCUT2D eigenvalue weighted by Crippen LogP contribution is -2.46. The van der Waals surface area contributed by atoms with Crippen LogP contribution in [0.5, 0.6) is 0 Å². The largest absolute Gasteiger partial charge is 0.327 e. The van der Waals surface area contributed by atoms with Gasteiger partial charge in [0.2, 0.25) is 0 Å². The summed E-state index contributed by atoms with van der Waals surface area (Å²) >= 11 is 0. The van der Waals surface area contributed by atoms with Crippen molar-refractivity contribution in [3.8, 4) is 0 Å². The highest BCUT2D eigenvalue weighted by molar-refractivity contribution is 4.95. The topological polar surface area (TPSA) is 26.0 Å². The Kier molecular flexibility index (Phi) is 18.4.